The van der Waals surface area contributed by atoms with Crippen molar-refractivity contribution in [3.63, 3.8) is 0 Å². The molecule has 0 aromatic carbocycles. The summed E-state index contributed by atoms with van der Waals surface area (Å²) < 4.78 is 27.2. The molecule has 0 N–H and O–H groups in total. The summed E-state index contributed by atoms with van der Waals surface area (Å²) in [5.41, 5.74) is 0.0162. The second kappa shape index (κ2) is 3.42. The summed E-state index contributed by atoms with van der Waals surface area (Å²) in [7, 11) is -3.49. The van der Waals surface area contributed by atoms with Crippen LogP contribution in [0.1, 0.15) is 31.1 Å². The van der Waals surface area contributed by atoms with Crippen molar-refractivity contribution in [2.75, 3.05) is 6.26 Å². The largest absolute Gasteiger partial charge is 0.358 e. The number of nitrogens with zero attached hydrogens (tertiary/aromatic N) is 2. The van der Waals surface area contributed by atoms with Crippen LogP contribution in [0.15, 0.2) is 9.55 Å². The van der Waals surface area contributed by atoms with E-state index in [0.29, 0.717) is 5.76 Å². The van der Waals surface area contributed by atoms with E-state index in [9.17, 15) is 8.42 Å². The molecule has 0 fully saturated rings. The maximum absolute atomic E-state index is 11.2. The third-order valence-corrected chi connectivity index (χ3v) is 2.66. The molecule has 1 aromatic heterocycles. The Kier molecular flexibility index (Phi) is 2.62. The lowest BCUT2D eigenvalue weighted by Gasteiger charge is -1.96. The summed E-state index contributed by atoms with van der Waals surface area (Å²) in [5.74, 6) is 0.251. The minimum absolute atomic E-state index is 0.0162. The summed E-state index contributed by atoms with van der Waals surface area (Å²) in [6.45, 7) is 3.60. The minimum Gasteiger partial charge on any atom is -0.358 e. The number of nitriles is 1. The van der Waals surface area contributed by atoms with Gasteiger partial charge < -0.3 is 4.52 Å². The predicted octanol–water partition coefficient (Wildman–Crippen LogP) is 1.07. The molecular weight excluding hydrogens is 204 g/mol. The van der Waals surface area contributed by atoms with Gasteiger partial charge in [0.1, 0.15) is 11.6 Å². The Bertz CT molecular complexity index is 479. The fourth-order valence-corrected chi connectivity index (χ4v) is 1.73. The lowest BCUT2D eigenvalue weighted by atomic mass is 10.1. The first-order valence-electron chi connectivity index (χ1n) is 3.97. The Labute approximate surface area is 82.2 Å². The SMILES string of the molecule is CC(C)c1onc(S(C)(=O)=O)c1C#N. The number of sulfone groups is 1. The maximum atomic E-state index is 11.2. The molecule has 0 radical (unpaired) electrons. The number of hydrogen-bond acceptors (Lipinski definition) is 5. The van der Waals surface area contributed by atoms with E-state index in [1.807, 2.05) is 0 Å². The van der Waals surface area contributed by atoms with Gasteiger partial charge in [0, 0.05) is 12.2 Å². The monoisotopic (exact) mass is 214 g/mol. The zero-order chi connectivity index (χ0) is 10.9. The molecule has 1 heterocycles. The Morgan fingerprint density at radius 1 is 1.50 bits per heavy atom. The molecule has 14 heavy (non-hydrogen) atoms. The third-order valence-electron chi connectivity index (χ3n) is 1.67. The molecule has 0 saturated heterocycles. The van der Waals surface area contributed by atoms with E-state index in [1.165, 1.54) is 0 Å². The van der Waals surface area contributed by atoms with Crippen LogP contribution in [0.4, 0.5) is 0 Å². The third kappa shape index (κ3) is 1.77. The van der Waals surface area contributed by atoms with Gasteiger partial charge in [-0.1, -0.05) is 19.0 Å². The fraction of sp³-hybridized carbons (Fsp3) is 0.500. The van der Waals surface area contributed by atoms with Crippen molar-refractivity contribution >= 4 is 9.84 Å². The highest BCUT2D eigenvalue weighted by molar-refractivity contribution is 7.90. The summed E-state index contributed by atoms with van der Waals surface area (Å²) in [4.78, 5) is 0. The smallest absolute Gasteiger partial charge is 0.215 e. The number of rotatable bonds is 2. The molecule has 0 bridgehead atoms. The van der Waals surface area contributed by atoms with Crippen LogP contribution >= 0.6 is 0 Å². The highest BCUT2D eigenvalue weighted by atomic mass is 32.2. The van der Waals surface area contributed by atoms with Gasteiger partial charge in [-0.05, 0) is 0 Å². The zero-order valence-electron chi connectivity index (χ0n) is 8.10. The number of hydrogen-bond donors (Lipinski definition) is 0. The molecule has 0 aliphatic heterocycles. The van der Waals surface area contributed by atoms with E-state index in [-0.39, 0.29) is 16.5 Å². The molecule has 0 saturated carbocycles. The minimum atomic E-state index is -3.49. The normalized spacial score (nSPS) is 11.6. The quantitative estimate of drug-likeness (QED) is 0.735. The van der Waals surface area contributed by atoms with Crippen molar-refractivity contribution in [2.45, 2.75) is 24.8 Å². The standard InChI is InChI=1S/C8H10N2O3S/c1-5(2)7-6(4-9)8(10-13-7)14(3,11)12/h5H,1-3H3. The predicted molar refractivity (Wildman–Crippen MR) is 48.4 cm³/mol. The van der Waals surface area contributed by atoms with Gasteiger partial charge in [-0.15, -0.1) is 0 Å². The van der Waals surface area contributed by atoms with Crippen molar-refractivity contribution in [1.82, 2.24) is 5.16 Å². The zero-order valence-corrected chi connectivity index (χ0v) is 8.92. The molecular formula is C8H10N2O3S. The molecule has 1 aromatic rings. The van der Waals surface area contributed by atoms with Gasteiger partial charge in [-0.25, -0.2) is 8.42 Å². The first-order chi connectivity index (χ1) is 6.38. The number of aromatic nitrogens is 1. The lowest BCUT2D eigenvalue weighted by molar-refractivity contribution is 0.358. The Hall–Kier alpha value is -1.35. The van der Waals surface area contributed by atoms with E-state index in [0.717, 1.165) is 6.26 Å². The second-order valence-electron chi connectivity index (χ2n) is 3.27. The molecule has 1 rings (SSSR count). The van der Waals surface area contributed by atoms with Gasteiger partial charge in [0.05, 0.1) is 0 Å². The first kappa shape index (κ1) is 10.7. The van der Waals surface area contributed by atoms with Crippen LogP contribution in [-0.4, -0.2) is 19.8 Å². The van der Waals surface area contributed by atoms with E-state index in [2.05, 4.69) is 5.16 Å². The Morgan fingerprint density at radius 3 is 2.43 bits per heavy atom. The van der Waals surface area contributed by atoms with Crippen molar-refractivity contribution < 1.29 is 12.9 Å². The van der Waals surface area contributed by atoms with Crippen molar-refractivity contribution in [3.05, 3.63) is 11.3 Å². The molecule has 0 spiro atoms. The second-order valence-corrected chi connectivity index (χ2v) is 5.20. The molecule has 0 atom stereocenters. The summed E-state index contributed by atoms with van der Waals surface area (Å²) in [6.07, 6.45) is 0.996. The van der Waals surface area contributed by atoms with E-state index in [4.69, 9.17) is 9.78 Å². The van der Waals surface area contributed by atoms with E-state index < -0.39 is 9.84 Å². The molecule has 0 aliphatic rings. The van der Waals surface area contributed by atoms with Crippen LogP contribution < -0.4 is 0 Å². The van der Waals surface area contributed by atoms with Crippen LogP contribution in [0.3, 0.4) is 0 Å². The summed E-state index contributed by atoms with van der Waals surface area (Å²) in [6, 6.07) is 1.80. The summed E-state index contributed by atoms with van der Waals surface area (Å²) >= 11 is 0. The average molecular weight is 214 g/mol. The van der Waals surface area contributed by atoms with Gasteiger partial charge in [-0.2, -0.15) is 5.26 Å². The fourth-order valence-electron chi connectivity index (χ4n) is 1.04. The van der Waals surface area contributed by atoms with E-state index in [1.54, 1.807) is 19.9 Å². The van der Waals surface area contributed by atoms with Gasteiger partial charge in [0.25, 0.3) is 0 Å². The van der Waals surface area contributed by atoms with Crippen LogP contribution in [0.2, 0.25) is 0 Å². The maximum Gasteiger partial charge on any atom is 0.215 e. The highest BCUT2D eigenvalue weighted by Crippen LogP contribution is 2.24. The molecule has 76 valence electrons. The molecule has 0 unspecified atom stereocenters. The van der Waals surface area contributed by atoms with Crippen LogP contribution in [0, 0.1) is 11.3 Å². The van der Waals surface area contributed by atoms with Gasteiger partial charge in [0.2, 0.25) is 5.03 Å². The van der Waals surface area contributed by atoms with Crippen molar-refractivity contribution in [2.24, 2.45) is 0 Å². The Balaban J connectivity index is 3.45. The molecule has 5 nitrogen and oxygen atoms in total. The molecule has 0 amide bonds. The van der Waals surface area contributed by atoms with Crippen molar-refractivity contribution in [1.29, 1.82) is 5.26 Å². The van der Waals surface area contributed by atoms with Gasteiger partial charge in [-0.3, -0.25) is 0 Å². The highest BCUT2D eigenvalue weighted by Gasteiger charge is 2.24. The summed E-state index contributed by atoms with van der Waals surface area (Å²) in [5, 5.41) is 11.9. The first-order valence-corrected chi connectivity index (χ1v) is 5.86. The lowest BCUT2D eigenvalue weighted by Crippen LogP contribution is -2.00. The Morgan fingerprint density at radius 2 is 2.07 bits per heavy atom. The van der Waals surface area contributed by atoms with Crippen molar-refractivity contribution in [3.8, 4) is 6.07 Å². The van der Waals surface area contributed by atoms with E-state index >= 15 is 0 Å². The van der Waals surface area contributed by atoms with Crippen LogP contribution in [-0.2, 0) is 9.84 Å². The van der Waals surface area contributed by atoms with Crippen LogP contribution in [0.25, 0.3) is 0 Å². The molecule has 6 heteroatoms. The molecule has 0 aliphatic carbocycles. The average Bonchev–Trinajstić information content (AvgIpc) is 2.45. The van der Waals surface area contributed by atoms with Crippen LogP contribution in [0.5, 0.6) is 0 Å². The topological polar surface area (TPSA) is 84.0 Å². The van der Waals surface area contributed by atoms with Gasteiger partial charge in [0.15, 0.2) is 15.6 Å². The van der Waals surface area contributed by atoms with Gasteiger partial charge >= 0.3 is 0 Å².